The molecule has 1 N–H and O–H groups in total. The van der Waals surface area contributed by atoms with E-state index in [2.05, 4.69) is 61.5 Å². The molecule has 0 aromatic rings. The highest BCUT2D eigenvalue weighted by atomic mass is 32.2. The van der Waals surface area contributed by atoms with E-state index in [0.717, 1.165) is 51.9 Å². The smallest absolute Gasteiger partial charge is 0.194 e. The summed E-state index contributed by atoms with van der Waals surface area (Å²) in [5, 5.41) is 3.48. The Morgan fingerprint density at radius 1 is 1.43 bits per heavy atom. The Hall–Kier alpha value is -0.460. The number of aliphatic imine (C=N–C) groups is 1. The number of rotatable bonds is 4. The van der Waals surface area contributed by atoms with Crippen LogP contribution in [-0.2, 0) is 4.74 Å². The molecule has 0 aliphatic carbocycles. The molecule has 2 fully saturated rings. The van der Waals surface area contributed by atoms with Crippen LogP contribution in [0.4, 0.5) is 0 Å². The highest BCUT2D eigenvalue weighted by molar-refractivity contribution is 8.00. The minimum absolute atomic E-state index is 0.304. The Kier molecular flexibility index (Phi) is 7.04. The van der Waals surface area contributed by atoms with E-state index in [0.29, 0.717) is 16.8 Å². The van der Waals surface area contributed by atoms with Gasteiger partial charge in [0.05, 0.1) is 19.8 Å². The molecule has 2 unspecified atom stereocenters. The number of morpholine rings is 1. The van der Waals surface area contributed by atoms with Crippen molar-refractivity contribution in [2.45, 2.75) is 51.4 Å². The summed E-state index contributed by atoms with van der Waals surface area (Å²) < 4.78 is 5.85. The van der Waals surface area contributed by atoms with Gasteiger partial charge < -0.3 is 15.0 Å². The van der Waals surface area contributed by atoms with Crippen molar-refractivity contribution in [1.29, 1.82) is 0 Å². The van der Waals surface area contributed by atoms with Gasteiger partial charge in [0.15, 0.2) is 5.96 Å². The van der Waals surface area contributed by atoms with E-state index in [9.17, 15) is 0 Å². The van der Waals surface area contributed by atoms with Gasteiger partial charge >= 0.3 is 0 Å². The van der Waals surface area contributed by atoms with E-state index in [1.54, 1.807) is 0 Å². The van der Waals surface area contributed by atoms with Gasteiger partial charge in [0, 0.05) is 48.8 Å². The maximum atomic E-state index is 5.54. The zero-order chi connectivity index (χ0) is 16.9. The largest absolute Gasteiger partial charge is 0.379 e. The second kappa shape index (κ2) is 8.58. The Balaban J connectivity index is 1.97. The van der Waals surface area contributed by atoms with Crippen LogP contribution in [0.5, 0.6) is 0 Å². The van der Waals surface area contributed by atoms with Crippen molar-refractivity contribution in [2.75, 3.05) is 51.7 Å². The van der Waals surface area contributed by atoms with Crippen molar-refractivity contribution in [2.24, 2.45) is 4.99 Å². The molecule has 0 bridgehead atoms. The van der Waals surface area contributed by atoms with Gasteiger partial charge in [0.2, 0.25) is 0 Å². The van der Waals surface area contributed by atoms with Crippen LogP contribution in [0.1, 0.15) is 34.6 Å². The van der Waals surface area contributed by atoms with Gasteiger partial charge in [-0.3, -0.25) is 9.89 Å². The second-order valence-corrected chi connectivity index (χ2v) is 9.04. The zero-order valence-corrected chi connectivity index (χ0v) is 16.3. The Morgan fingerprint density at radius 3 is 2.87 bits per heavy atom. The molecule has 2 saturated heterocycles. The summed E-state index contributed by atoms with van der Waals surface area (Å²) in [6.45, 7) is 17.9. The molecule has 2 aliphatic rings. The van der Waals surface area contributed by atoms with E-state index in [1.165, 1.54) is 5.75 Å². The monoisotopic (exact) mass is 342 g/mol. The van der Waals surface area contributed by atoms with Crippen LogP contribution in [0.25, 0.3) is 0 Å². The maximum Gasteiger partial charge on any atom is 0.194 e. The van der Waals surface area contributed by atoms with Crippen molar-refractivity contribution < 1.29 is 4.74 Å². The van der Waals surface area contributed by atoms with Crippen LogP contribution >= 0.6 is 11.8 Å². The number of hydrogen-bond acceptors (Lipinski definition) is 4. The number of nitrogens with one attached hydrogen (secondary N) is 1. The van der Waals surface area contributed by atoms with Gasteiger partial charge in [-0.05, 0) is 34.6 Å². The SMILES string of the molecule is CCNC(=NCC(C)N1CCOCC1C)N1CCSC(C)(C)C1. The molecule has 2 aliphatic heterocycles. The van der Waals surface area contributed by atoms with Crippen molar-refractivity contribution in [3.63, 3.8) is 0 Å². The van der Waals surface area contributed by atoms with Gasteiger partial charge in [-0.25, -0.2) is 0 Å². The Labute approximate surface area is 146 Å². The molecule has 0 radical (unpaired) electrons. The zero-order valence-electron chi connectivity index (χ0n) is 15.5. The summed E-state index contributed by atoms with van der Waals surface area (Å²) in [5.41, 5.74) is 0. The van der Waals surface area contributed by atoms with E-state index < -0.39 is 0 Å². The lowest BCUT2D eigenvalue weighted by Gasteiger charge is -2.40. The molecule has 0 saturated carbocycles. The lowest BCUT2D eigenvalue weighted by Crippen LogP contribution is -2.52. The van der Waals surface area contributed by atoms with Crippen LogP contribution in [0.15, 0.2) is 4.99 Å². The third-order valence-electron chi connectivity index (χ3n) is 4.55. The molecule has 0 aromatic carbocycles. The molecule has 0 aromatic heterocycles. The van der Waals surface area contributed by atoms with Gasteiger partial charge in [0.1, 0.15) is 0 Å². The molecule has 6 heteroatoms. The predicted molar refractivity (Wildman–Crippen MR) is 101 cm³/mol. The molecular weight excluding hydrogens is 308 g/mol. The summed E-state index contributed by atoms with van der Waals surface area (Å²) in [6, 6.07) is 0.941. The molecule has 2 atom stereocenters. The quantitative estimate of drug-likeness (QED) is 0.624. The van der Waals surface area contributed by atoms with E-state index in [4.69, 9.17) is 9.73 Å². The van der Waals surface area contributed by atoms with E-state index >= 15 is 0 Å². The number of hydrogen-bond donors (Lipinski definition) is 1. The fraction of sp³-hybridized carbons (Fsp3) is 0.941. The average molecular weight is 343 g/mol. The van der Waals surface area contributed by atoms with Gasteiger partial charge in [-0.15, -0.1) is 0 Å². The highest BCUT2D eigenvalue weighted by Gasteiger charge is 2.29. The molecule has 5 nitrogen and oxygen atoms in total. The first-order valence-corrected chi connectivity index (χ1v) is 9.92. The van der Waals surface area contributed by atoms with Crippen LogP contribution in [-0.4, -0.2) is 84.3 Å². The average Bonchev–Trinajstić information content (AvgIpc) is 2.50. The first kappa shape index (κ1) is 18.9. The molecule has 134 valence electrons. The molecule has 2 rings (SSSR count). The fourth-order valence-corrected chi connectivity index (χ4v) is 4.45. The van der Waals surface area contributed by atoms with E-state index in [-0.39, 0.29) is 0 Å². The Bertz CT molecular complexity index is 402. The first-order chi connectivity index (χ1) is 10.9. The van der Waals surface area contributed by atoms with Crippen molar-refractivity contribution in [3.05, 3.63) is 0 Å². The minimum atomic E-state index is 0.304. The van der Waals surface area contributed by atoms with Gasteiger partial charge in [-0.2, -0.15) is 11.8 Å². The number of thioether (sulfide) groups is 1. The lowest BCUT2D eigenvalue weighted by molar-refractivity contribution is -0.0166. The molecule has 2 heterocycles. The van der Waals surface area contributed by atoms with Crippen molar-refractivity contribution in [1.82, 2.24) is 15.1 Å². The molecule has 0 amide bonds. The molecular formula is C17H34N4OS. The van der Waals surface area contributed by atoms with Crippen LogP contribution in [0, 0.1) is 0 Å². The standard InChI is InChI=1S/C17H34N4OS/c1-6-18-16(20-8-10-23-17(4,5)13-20)19-11-14(2)21-7-9-22-12-15(21)3/h14-15H,6-13H2,1-5H3,(H,18,19). The summed E-state index contributed by atoms with van der Waals surface area (Å²) >= 11 is 2.06. The van der Waals surface area contributed by atoms with Crippen molar-refractivity contribution >= 4 is 17.7 Å². The van der Waals surface area contributed by atoms with Gasteiger partial charge in [0.25, 0.3) is 0 Å². The third kappa shape index (κ3) is 5.54. The number of guanidine groups is 1. The fourth-order valence-electron chi connectivity index (χ4n) is 3.34. The molecule has 23 heavy (non-hydrogen) atoms. The predicted octanol–water partition coefficient (Wildman–Crippen LogP) is 1.89. The topological polar surface area (TPSA) is 40.1 Å². The summed E-state index contributed by atoms with van der Waals surface area (Å²) in [6.07, 6.45) is 0. The number of ether oxygens (including phenoxy) is 1. The van der Waals surface area contributed by atoms with E-state index in [1.807, 2.05) is 0 Å². The third-order valence-corrected chi connectivity index (χ3v) is 5.85. The maximum absolute atomic E-state index is 5.54. The second-order valence-electron chi connectivity index (χ2n) is 7.24. The lowest BCUT2D eigenvalue weighted by atomic mass is 10.2. The number of nitrogens with zero attached hydrogens (tertiary/aromatic N) is 3. The van der Waals surface area contributed by atoms with Crippen molar-refractivity contribution in [3.8, 4) is 0 Å². The normalized spacial score (nSPS) is 27.8. The van der Waals surface area contributed by atoms with Crippen LogP contribution < -0.4 is 5.32 Å². The summed E-state index contributed by atoms with van der Waals surface area (Å²) in [7, 11) is 0. The first-order valence-electron chi connectivity index (χ1n) is 8.93. The van der Waals surface area contributed by atoms with Gasteiger partial charge in [-0.1, -0.05) is 0 Å². The summed E-state index contributed by atoms with van der Waals surface area (Å²) in [4.78, 5) is 9.90. The molecule has 0 spiro atoms. The summed E-state index contributed by atoms with van der Waals surface area (Å²) in [5.74, 6) is 2.25. The Morgan fingerprint density at radius 2 is 2.22 bits per heavy atom. The highest BCUT2D eigenvalue weighted by Crippen LogP contribution is 2.29. The van der Waals surface area contributed by atoms with Crippen LogP contribution in [0.3, 0.4) is 0 Å². The minimum Gasteiger partial charge on any atom is -0.379 e. The van der Waals surface area contributed by atoms with Crippen LogP contribution in [0.2, 0.25) is 0 Å².